The van der Waals surface area contributed by atoms with E-state index in [4.69, 9.17) is 5.11 Å². The van der Waals surface area contributed by atoms with E-state index >= 15 is 0 Å². The van der Waals surface area contributed by atoms with E-state index in [1.165, 1.54) is 4.88 Å². The van der Waals surface area contributed by atoms with Gasteiger partial charge >= 0.3 is 5.97 Å². The molecule has 4 nitrogen and oxygen atoms in total. The quantitative estimate of drug-likeness (QED) is 0.885. The summed E-state index contributed by atoms with van der Waals surface area (Å²) < 4.78 is 0. The lowest BCUT2D eigenvalue weighted by molar-refractivity contribution is -0.131. The van der Waals surface area contributed by atoms with Crippen molar-refractivity contribution in [3.05, 3.63) is 57.8 Å². The van der Waals surface area contributed by atoms with E-state index in [-0.39, 0.29) is 17.5 Å². The molecule has 0 aliphatic carbocycles. The second-order valence-electron chi connectivity index (χ2n) is 5.20. The van der Waals surface area contributed by atoms with Crippen molar-refractivity contribution in [2.75, 3.05) is 7.05 Å². The Morgan fingerprint density at radius 1 is 1.23 bits per heavy atom. The van der Waals surface area contributed by atoms with E-state index in [9.17, 15) is 9.59 Å². The molecule has 1 aromatic heterocycles. The number of nitrogens with zero attached hydrogens (tertiary/aromatic N) is 1. The van der Waals surface area contributed by atoms with Crippen molar-refractivity contribution < 1.29 is 14.7 Å². The zero-order valence-corrected chi connectivity index (χ0v) is 13.5. The number of carbonyl (C=O) groups excluding carboxylic acids is 1. The fourth-order valence-corrected chi connectivity index (χ4v) is 3.00. The minimum absolute atomic E-state index is 0.0712. The van der Waals surface area contributed by atoms with Crippen LogP contribution < -0.4 is 0 Å². The standard InChI is InChI=1S/C17H19NO3S/c1-12(15-4-3-11-22-15)18(2)16(19)10-7-13-5-8-14(9-6-13)17(20)21/h3-6,8-9,11-12H,7,10H2,1-2H3,(H,20,21). The fraction of sp³-hybridized carbons (Fsp3) is 0.294. The first-order chi connectivity index (χ1) is 10.5. The predicted molar refractivity (Wildman–Crippen MR) is 87.2 cm³/mol. The molecule has 2 rings (SSSR count). The van der Waals surface area contributed by atoms with Crippen LogP contribution in [0.5, 0.6) is 0 Å². The summed E-state index contributed by atoms with van der Waals surface area (Å²) in [6.07, 6.45) is 1.03. The molecule has 0 spiro atoms. The first-order valence-corrected chi connectivity index (χ1v) is 7.98. The Morgan fingerprint density at radius 3 is 2.45 bits per heavy atom. The summed E-state index contributed by atoms with van der Waals surface area (Å²) in [5.74, 6) is -0.852. The molecule has 2 aromatic rings. The number of rotatable bonds is 6. The molecule has 0 radical (unpaired) electrons. The lowest BCUT2D eigenvalue weighted by Gasteiger charge is -2.24. The molecule has 1 heterocycles. The maximum Gasteiger partial charge on any atom is 0.335 e. The van der Waals surface area contributed by atoms with Gasteiger partial charge in [-0.1, -0.05) is 18.2 Å². The third-order valence-corrected chi connectivity index (χ3v) is 4.80. The molecule has 0 bridgehead atoms. The number of hydrogen-bond acceptors (Lipinski definition) is 3. The molecule has 0 saturated carbocycles. The molecular weight excluding hydrogens is 298 g/mol. The first kappa shape index (κ1) is 16.2. The minimum Gasteiger partial charge on any atom is -0.478 e. The highest BCUT2D eigenvalue weighted by atomic mass is 32.1. The maximum absolute atomic E-state index is 12.3. The molecule has 1 unspecified atom stereocenters. The van der Waals surface area contributed by atoms with Gasteiger partial charge in [-0.25, -0.2) is 4.79 Å². The van der Waals surface area contributed by atoms with Crippen LogP contribution in [0, 0.1) is 0 Å². The van der Waals surface area contributed by atoms with Crippen molar-refractivity contribution in [3.8, 4) is 0 Å². The molecule has 0 saturated heterocycles. The lowest BCUT2D eigenvalue weighted by Crippen LogP contribution is -2.29. The van der Waals surface area contributed by atoms with Crippen molar-refractivity contribution in [2.45, 2.75) is 25.8 Å². The Kier molecular flexibility index (Phi) is 5.33. The van der Waals surface area contributed by atoms with Crippen LogP contribution in [0.25, 0.3) is 0 Å². The first-order valence-electron chi connectivity index (χ1n) is 7.10. The molecule has 1 amide bonds. The third kappa shape index (κ3) is 3.95. The molecule has 1 atom stereocenters. The highest BCUT2D eigenvalue weighted by molar-refractivity contribution is 7.10. The van der Waals surface area contributed by atoms with E-state index in [0.29, 0.717) is 12.8 Å². The number of carboxylic acids is 1. The predicted octanol–water partition coefficient (Wildman–Crippen LogP) is 3.60. The van der Waals surface area contributed by atoms with Gasteiger partial charge in [-0.3, -0.25) is 4.79 Å². The van der Waals surface area contributed by atoms with Crippen LogP contribution in [0.4, 0.5) is 0 Å². The average molecular weight is 317 g/mol. The Bertz CT molecular complexity index is 634. The summed E-state index contributed by atoms with van der Waals surface area (Å²) >= 11 is 1.65. The van der Waals surface area contributed by atoms with E-state index in [1.54, 1.807) is 40.5 Å². The summed E-state index contributed by atoms with van der Waals surface area (Å²) in [5, 5.41) is 10.9. The van der Waals surface area contributed by atoms with Crippen molar-refractivity contribution in [2.24, 2.45) is 0 Å². The van der Waals surface area contributed by atoms with Crippen LogP contribution in [0.3, 0.4) is 0 Å². The second kappa shape index (κ2) is 7.22. The zero-order valence-electron chi connectivity index (χ0n) is 12.7. The number of benzene rings is 1. The van der Waals surface area contributed by atoms with Crippen molar-refractivity contribution in [3.63, 3.8) is 0 Å². The van der Waals surface area contributed by atoms with Crippen LogP contribution in [0.15, 0.2) is 41.8 Å². The highest BCUT2D eigenvalue weighted by Crippen LogP contribution is 2.24. The van der Waals surface area contributed by atoms with Crippen molar-refractivity contribution in [1.82, 2.24) is 4.90 Å². The van der Waals surface area contributed by atoms with E-state index in [0.717, 1.165) is 5.56 Å². The minimum atomic E-state index is -0.938. The molecule has 0 aliphatic rings. The van der Waals surface area contributed by atoms with Gasteiger partial charge in [-0.15, -0.1) is 11.3 Å². The molecular formula is C17H19NO3S. The monoisotopic (exact) mass is 317 g/mol. The lowest BCUT2D eigenvalue weighted by atomic mass is 10.1. The van der Waals surface area contributed by atoms with E-state index in [1.807, 2.05) is 31.5 Å². The van der Waals surface area contributed by atoms with Crippen LogP contribution in [0.2, 0.25) is 0 Å². The molecule has 116 valence electrons. The SMILES string of the molecule is CC(c1cccs1)N(C)C(=O)CCc1ccc(C(=O)O)cc1. The molecule has 1 N–H and O–H groups in total. The van der Waals surface area contributed by atoms with Crippen LogP contribution in [-0.4, -0.2) is 28.9 Å². The molecule has 5 heteroatoms. The van der Waals surface area contributed by atoms with Gasteiger partial charge < -0.3 is 10.0 Å². The third-order valence-electron chi connectivity index (χ3n) is 3.76. The Labute approximate surface area is 134 Å². The maximum atomic E-state index is 12.3. The Balaban J connectivity index is 1.90. The summed E-state index contributed by atoms with van der Waals surface area (Å²) in [5.41, 5.74) is 1.23. The number of aromatic carboxylic acids is 1. The molecule has 0 fully saturated rings. The molecule has 22 heavy (non-hydrogen) atoms. The number of amides is 1. The number of carboxylic acid groups (broad SMARTS) is 1. The fourth-order valence-electron chi connectivity index (χ4n) is 2.18. The van der Waals surface area contributed by atoms with Crippen LogP contribution in [0.1, 0.15) is 40.2 Å². The van der Waals surface area contributed by atoms with Crippen molar-refractivity contribution in [1.29, 1.82) is 0 Å². The number of carbonyl (C=O) groups is 2. The Morgan fingerprint density at radius 2 is 1.91 bits per heavy atom. The topological polar surface area (TPSA) is 57.6 Å². The normalized spacial score (nSPS) is 11.9. The van der Waals surface area contributed by atoms with Gasteiger partial charge in [-0.05, 0) is 42.5 Å². The molecule has 0 aliphatic heterocycles. The number of aryl methyl sites for hydroxylation is 1. The van der Waals surface area contributed by atoms with E-state index in [2.05, 4.69) is 0 Å². The highest BCUT2D eigenvalue weighted by Gasteiger charge is 2.17. The summed E-state index contributed by atoms with van der Waals surface area (Å²) in [4.78, 5) is 26.0. The van der Waals surface area contributed by atoms with Gasteiger partial charge in [0.15, 0.2) is 0 Å². The van der Waals surface area contributed by atoms with Gasteiger partial charge in [0, 0.05) is 18.3 Å². The van der Waals surface area contributed by atoms with Crippen LogP contribution >= 0.6 is 11.3 Å². The molecule has 1 aromatic carbocycles. The van der Waals surface area contributed by atoms with Crippen molar-refractivity contribution >= 4 is 23.2 Å². The summed E-state index contributed by atoms with van der Waals surface area (Å²) in [6.45, 7) is 2.02. The smallest absolute Gasteiger partial charge is 0.335 e. The number of thiophene rings is 1. The summed E-state index contributed by atoms with van der Waals surface area (Å²) in [7, 11) is 1.82. The summed E-state index contributed by atoms with van der Waals surface area (Å²) in [6, 6.07) is 10.8. The number of hydrogen-bond donors (Lipinski definition) is 1. The average Bonchev–Trinajstić information content (AvgIpc) is 3.05. The van der Waals surface area contributed by atoms with Gasteiger partial charge in [0.05, 0.1) is 11.6 Å². The van der Waals surface area contributed by atoms with E-state index < -0.39 is 5.97 Å². The van der Waals surface area contributed by atoms with Gasteiger partial charge in [0.25, 0.3) is 0 Å². The second-order valence-corrected chi connectivity index (χ2v) is 6.18. The largest absolute Gasteiger partial charge is 0.478 e. The van der Waals surface area contributed by atoms with Gasteiger partial charge in [0.2, 0.25) is 5.91 Å². The van der Waals surface area contributed by atoms with Gasteiger partial charge in [0.1, 0.15) is 0 Å². The Hall–Kier alpha value is -2.14. The van der Waals surface area contributed by atoms with Gasteiger partial charge in [-0.2, -0.15) is 0 Å². The van der Waals surface area contributed by atoms with Crippen LogP contribution in [-0.2, 0) is 11.2 Å². The zero-order chi connectivity index (χ0) is 16.1.